The molecule has 0 aliphatic rings. The average Bonchev–Trinajstić information content (AvgIpc) is 2.78. The maximum Gasteiger partial charge on any atom is 0.417 e. The number of hydrogen-bond donors (Lipinski definition) is 2. The number of carbonyl (C=O) groups is 1. The fourth-order valence-corrected chi connectivity index (χ4v) is 3.57. The lowest BCUT2D eigenvalue weighted by Crippen LogP contribution is -2.06. The van der Waals surface area contributed by atoms with Gasteiger partial charge in [-0.2, -0.15) is 13.2 Å². The number of carboxylic acid groups (broad SMARTS) is 1. The molecule has 7 nitrogen and oxygen atoms in total. The van der Waals surface area contributed by atoms with Crippen molar-refractivity contribution in [3.8, 4) is 11.3 Å². The molecule has 174 valence electrons. The predicted molar refractivity (Wildman–Crippen MR) is 120 cm³/mol. The number of rotatable bonds is 6. The van der Waals surface area contributed by atoms with Crippen LogP contribution in [0.1, 0.15) is 21.6 Å². The summed E-state index contributed by atoms with van der Waals surface area (Å²) in [5, 5.41) is 13.0. The van der Waals surface area contributed by atoms with Crippen molar-refractivity contribution in [2.45, 2.75) is 12.8 Å². The van der Waals surface area contributed by atoms with E-state index in [4.69, 9.17) is 21.4 Å². The van der Waals surface area contributed by atoms with E-state index < -0.39 is 17.7 Å². The summed E-state index contributed by atoms with van der Waals surface area (Å²) in [7, 11) is 1.51. The fraction of sp³-hybridized carbons (Fsp3) is 0.130. The molecule has 1 aromatic carbocycles. The summed E-state index contributed by atoms with van der Waals surface area (Å²) in [6, 6.07) is 10.4. The number of alkyl halides is 3. The van der Waals surface area contributed by atoms with E-state index in [1.54, 1.807) is 24.3 Å². The quantitative estimate of drug-likeness (QED) is 0.346. The molecule has 0 fully saturated rings. The molecule has 0 aliphatic heterocycles. The molecule has 0 unspecified atom stereocenters. The number of anilines is 2. The standard InChI is InChI=1S/C23H16ClF3N4O3/c1-34-11-15-8-19(31-20-5-3-14(10-28-20)23(25,26)27)16-4-2-12(7-18(16)30-15)21-17(24)6-13(9-29-21)22(32)33/h2-10H,11H2,1H3,(H,32,33)(H,28,30,31). The van der Waals surface area contributed by atoms with Crippen LogP contribution in [0.3, 0.4) is 0 Å². The first kappa shape index (κ1) is 23.4. The normalized spacial score (nSPS) is 11.6. The van der Waals surface area contributed by atoms with Crippen LogP contribution in [0.15, 0.2) is 54.9 Å². The van der Waals surface area contributed by atoms with E-state index in [2.05, 4.69) is 20.3 Å². The minimum atomic E-state index is -4.48. The van der Waals surface area contributed by atoms with Crippen LogP contribution in [0.5, 0.6) is 0 Å². The van der Waals surface area contributed by atoms with Crippen molar-refractivity contribution in [3.63, 3.8) is 0 Å². The van der Waals surface area contributed by atoms with Gasteiger partial charge in [0.15, 0.2) is 0 Å². The molecule has 0 saturated carbocycles. The SMILES string of the molecule is COCc1cc(Nc2ccc(C(F)(F)F)cn2)c2ccc(-c3ncc(C(=O)O)cc3Cl)cc2n1. The lowest BCUT2D eigenvalue weighted by atomic mass is 10.1. The zero-order valence-electron chi connectivity index (χ0n) is 17.5. The minimum absolute atomic E-state index is 0.0365. The number of carboxylic acids is 1. The lowest BCUT2D eigenvalue weighted by Gasteiger charge is -2.13. The molecule has 0 spiro atoms. The van der Waals surface area contributed by atoms with Gasteiger partial charge in [-0.05, 0) is 30.3 Å². The van der Waals surface area contributed by atoms with Crippen LogP contribution in [0.4, 0.5) is 24.7 Å². The summed E-state index contributed by atoms with van der Waals surface area (Å²) in [6.07, 6.45) is -2.50. The Bertz CT molecular complexity index is 1380. The number of fused-ring (bicyclic) bond motifs is 1. The Kier molecular flexibility index (Phi) is 6.36. The molecular weight excluding hydrogens is 473 g/mol. The Morgan fingerprint density at radius 1 is 1.12 bits per heavy atom. The van der Waals surface area contributed by atoms with Gasteiger partial charge >= 0.3 is 12.1 Å². The smallest absolute Gasteiger partial charge is 0.417 e. The van der Waals surface area contributed by atoms with Gasteiger partial charge in [-0.25, -0.2) is 9.78 Å². The topological polar surface area (TPSA) is 97.2 Å². The van der Waals surface area contributed by atoms with Crippen LogP contribution in [0, 0.1) is 0 Å². The zero-order valence-corrected chi connectivity index (χ0v) is 18.3. The molecule has 3 heterocycles. The molecule has 0 aliphatic carbocycles. The van der Waals surface area contributed by atoms with E-state index in [9.17, 15) is 18.0 Å². The number of aromatic nitrogens is 3. The van der Waals surface area contributed by atoms with Crippen molar-refractivity contribution in [1.29, 1.82) is 0 Å². The monoisotopic (exact) mass is 488 g/mol. The molecule has 0 amide bonds. The van der Waals surface area contributed by atoms with Crippen LogP contribution < -0.4 is 5.32 Å². The average molecular weight is 489 g/mol. The first-order valence-electron chi connectivity index (χ1n) is 9.78. The molecule has 11 heteroatoms. The van der Waals surface area contributed by atoms with E-state index in [-0.39, 0.29) is 23.0 Å². The van der Waals surface area contributed by atoms with Crippen molar-refractivity contribution in [2.24, 2.45) is 0 Å². The number of nitrogens with one attached hydrogen (secondary N) is 1. The number of aromatic carboxylic acids is 1. The number of pyridine rings is 3. The number of halogens is 4. The van der Waals surface area contributed by atoms with Gasteiger partial charge in [0.2, 0.25) is 0 Å². The summed E-state index contributed by atoms with van der Waals surface area (Å²) in [5.74, 6) is -0.917. The van der Waals surface area contributed by atoms with Gasteiger partial charge in [0, 0.05) is 30.5 Å². The number of hydrogen-bond acceptors (Lipinski definition) is 6. The number of methoxy groups -OCH3 is 1. The van der Waals surface area contributed by atoms with Crippen molar-refractivity contribution >= 4 is 40.0 Å². The molecule has 0 radical (unpaired) electrons. The molecule has 3 aromatic heterocycles. The van der Waals surface area contributed by atoms with Gasteiger partial charge < -0.3 is 15.2 Å². The highest BCUT2D eigenvalue weighted by atomic mass is 35.5. The largest absolute Gasteiger partial charge is 0.478 e. The van der Waals surface area contributed by atoms with Crippen LogP contribution in [-0.2, 0) is 17.5 Å². The Morgan fingerprint density at radius 2 is 1.91 bits per heavy atom. The van der Waals surface area contributed by atoms with Gasteiger partial charge in [0.05, 0.1) is 45.3 Å². The molecule has 2 N–H and O–H groups in total. The minimum Gasteiger partial charge on any atom is -0.478 e. The van der Waals surface area contributed by atoms with E-state index >= 15 is 0 Å². The van der Waals surface area contributed by atoms with Crippen LogP contribution >= 0.6 is 11.6 Å². The first-order valence-corrected chi connectivity index (χ1v) is 10.2. The predicted octanol–water partition coefficient (Wildman–Crippen LogP) is 5.95. The highest BCUT2D eigenvalue weighted by Gasteiger charge is 2.30. The van der Waals surface area contributed by atoms with Crippen LogP contribution in [0.25, 0.3) is 22.2 Å². The summed E-state index contributed by atoms with van der Waals surface area (Å²) < 4.78 is 43.7. The fourth-order valence-electron chi connectivity index (χ4n) is 3.30. The van der Waals surface area contributed by atoms with Crippen molar-refractivity contribution in [2.75, 3.05) is 12.4 Å². The maximum atomic E-state index is 12.8. The van der Waals surface area contributed by atoms with E-state index in [1.165, 1.54) is 25.4 Å². The van der Waals surface area contributed by atoms with Gasteiger partial charge in [0.25, 0.3) is 0 Å². The summed E-state index contributed by atoms with van der Waals surface area (Å²) in [4.78, 5) is 23.8. The summed E-state index contributed by atoms with van der Waals surface area (Å²) in [6.45, 7) is 0.196. The van der Waals surface area contributed by atoms with Crippen molar-refractivity contribution in [3.05, 3.63) is 76.7 Å². The van der Waals surface area contributed by atoms with Gasteiger partial charge in [-0.1, -0.05) is 23.7 Å². The summed E-state index contributed by atoms with van der Waals surface area (Å²) in [5.41, 5.74) is 1.78. The molecule has 0 atom stereocenters. The number of nitrogens with zero attached hydrogens (tertiary/aromatic N) is 3. The van der Waals surface area contributed by atoms with E-state index in [0.29, 0.717) is 33.5 Å². The van der Waals surface area contributed by atoms with Crippen molar-refractivity contribution < 1.29 is 27.8 Å². The van der Waals surface area contributed by atoms with E-state index in [0.717, 1.165) is 12.3 Å². The molecular formula is C23H16ClF3N4O3. The third kappa shape index (κ3) is 4.92. The second-order valence-electron chi connectivity index (χ2n) is 7.24. The first-order chi connectivity index (χ1) is 16.2. The lowest BCUT2D eigenvalue weighted by molar-refractivity contribution is -0.137. The molecule has 34 heavy (non-hydrogen) atoms. The third-order valence-electron chi connectivity index (χ3n) is 4.87. The Morgan fingerprint density at radius 3 is 2.53 bits per heavy atom. The molecule has 0 saturated heterocycles. The van der Waals surface area contributed by atoms with Gasteiger partial charge in [-0.3, -0.25) is 9.97 Å². The molecule has 4 aromatic rings. The Hall–Kier alpha value is -3.76. The maximum absolute atomic E-state index is 12.8. The van der Waals surface area contributed by atoms with Crippen LogP contribution in [0.2, 0.25) is 5.02 Å². The Labute approximate surface area is 196 Å². The van der Waals surface area contributed by atoms with Gasteiger partial charge in [0.1, 0.15) is 5.82 Å². The number of ether oxygens (including phenoxy) is 1. The van der Waals surface area contributed by atoms with E-state index in [1.807, 2.05) is 0 Å². The molecule has 0 bridgehead atoms. The number of benzene rings is 1. The second kappa shape index (κ2) is 9.24. The second-order valence-corrected chi connectivity index (χ2v) is 7.65. The van der Waals surface area contributed by atoms with Crippen molar-refractivity contribution in [1.82, 2.24) is 15.0 Å². The third-order valence-corrected chi connectivity index (χ3v) is 5.16. The highest BCUT2D eigenvalue weighted by Crippen LogP contribution is 2.33. The Balaban J connectivity index is 1.75. The van der Waals surface area contributed by atoms with Gasteiger partial charge in [-0.15, -0.1) is 0 Å². The zero-order chi connectivity index (χ0) is 24.5. The highest BCUT2D eigenvalue weighted by molar-refractivity contribution is 6.33. The summed E-state index contributed by atoms with van der Waals surface area (Å²) >= 11 is 6.26. The molecule has 4 rings (SSSR count). The van der Waals surface area contributed by atoms with Crippen LogP contribution in [-0.4, -0.2) is 33.1 Å².